The maximum absolute atomic E-state index is 12.9. The first-order valence-corrected chi connectivity index (χ1v) is 8.48. The lowest BCUT2D eigenvalue weighted by atomic mass is 10.3. The van der Waals surface area contributed by atoms with Crippen molar-refractivity contribution in [1.29, 1.82) is 0 Å². The number of urea groups is 1. The second-order valence-electron chi connectivity index (χ2n) is 5.19. The van der Waals surface area contributed by atoms with E-state index >= 15 is 0 Å². The van der Waals surface area contributed by atoms with Gasteiger partial charge in [0.2, 0.25) is 5.91 Å². The van der Waals surface area contributed by atoms with Gasteiger partial charge in [-0.1, -0.05) is 11.8 Å². The number of ether oxygens (including phenoxy) is 1. The van der Waals surface area contributed by atoms with E-state index in [2.05, 4.69) is 15.5 Å². The van der Waals surface area contributed by atoms with Crippen molar-refractivity contribution in [2.75, 3.05) is 18.8 Å². The molecule has 8 nitrogen and oxygen atoms in total. The number of hydrogen-bond donors (Lipinski definition) is 1. The maximum atomic E-state index is 12.9. The number of benzene rings is 1. The molecule has 3 rings (SSSR count). The number of aromatic nitrogens is 2. The van der Waals surface area contributed by atoms with Gasteiger partial charge in [0.1, 0.15) is 11.6 Å². The van der Waals surface area contributed by atoms with Crippen molar-refractivity contribution >= 4 is 23.7 Å². The molecule has 2 heterocycles. The van der Waals surface area contributed by atoms with E-state index in [4.69, 9.17) is 9.15 Å². The van der Waals surface area contributed by atoms with Gasteiger partial charge in [-0.3, -0.25) is 9.69 Å². The standard InChI is InChI=1S/C15H15FN4O4S/c1-9(23-11-4-2-10(16)3-5-11)13-18-19-15(24-13)25-8-12(21)20-7-6-17-14(20)22/h2-5,9H,6-8H2,1H3,(H,17,22). The molecule has 0 radical (unpaired) electrons. The number of carbonyl (C=O) groups is 2. The van der Waals surface area contributed by atoms with E-state index in [9.17, 15) is 14.0 Å². The minimum atomic E-state index is -0.535. The highest BCUT2D eigenvalue weighted by Crippen LogP contribution is 2.24. The Morgan fingerprint density at radius 2 is 2.20 bits per heavy atom. The fourth-order valence-electron chi connectivity index (χ4n) is 2.12. The molecule has 1 aromatic heterocycles. The van der Waals surface area contributed by atoms with Crippen LogP contribution in [0.15, 0.2) is 33.9 Å². The molecule has 0 aliphatic carbocycles. The first-order valence-electron chi connectivity index (χ1n) is 7.49. The molecule has 1 N–H and O–H groups in total. The predicted molar refractivity (Wildman–Crippen MR) is 85.6 cm³/mol. The normalized spacial score (nSPS) is 15.1. The van der Waals surface area contributed by atoms with Crippen molar-refractivity contribution in [2.45, 2.75) is 18.3 Å². The molecule has 10 heteroatoms. The molecule has 132 valence electrons. The molecule has 25 heavy (non-hydrogen) atoms. The summed E-state index contributed by atoms with van der Waals surface area (Å²) >= 11 is 1.05. The van der Waals surface area contributed by atoms with Crippen molar-refractivity contribution in [3.8, 4) is 5.75 Å². The Morgan fingerprint density at radius 1 is 1.44 bits per heavy atom. The van der Waals surface area contributed by atoms with Crippen LogP contribution in [0.3, 0.4) is 0 Å². The summed E-state index contributed by atoms with van der Waals surface area (Å²) in [6, 6.07) is 5.18. The van der Waals surface area contributed by atoms with Gasteiger partial charge in [-0.2, -0.15) is 0 Å². The summed E-state index contributed by atoms with van der Waals surface area (Å²) in [5, 5.41) is 10.5. The van der Waals surface area contributed by atoms with Crippen molar-refractivity contribution in [3.05, 3.63) is 36.0 Å². The van der Waals surface area contributed by atoms with Crippen LogP contribution in [0.5, 0.6) is 5.75 Å². The van der Waals surface area contributed by atoms with Crippen LogP contribution in [0.1, 0.15) is 18.9 Å². The molecule has 3 amide bonds. The molecule has 1 aliphatic heterocycles. The van der Waals surface area contributed by atoms with Crippen LogP contribution in [0.4, 0.5) is 9.18 Å². The van der Waals surface area contributed by atoms with Gasteiger partial charge in [-0.25, -0.2) is 9.18 Å². The van der Waals surface area contributed by atoms with Gasteiger partial charge >= 0.3 is 6.03 Å². The van der Waals surface area contributed by atoms with E-state index in [1.165, 1.54) is 24.3 Å². The monoisotopic (exact) mass is 366 g/mol. The predicted octanol–water partition coefficient (Wildman–Crippen LogP) is 1.99. The third-order valence-corrected chi connectivity index (χ3v) is 4.18. The number of hydrogen-bond acceptors (Lipinski definition) is 7. The van der Waals surface area contributed by atoms with Crippen LogP contribution in [0.2, 0.25) is 0 Å². The fraction of sp³-hybridized carbons (Fsp3) is 0.333. The molecule has 0 spiro atoms. The van der Waals surface area contributed by atoms with Gasteiger partial charge in [-0.15, -0.1) is 10.2 Å². The summed E-state index contributed by atoms with van der Waals surface area (Å²) < 4.78 is 23.9. The zero-order valence-electron chi connectivity index (χ0n) is 13.3. The third kappa shape index (κ3) is 4.27. The van der Waals surface area contributed by atoms with Crippen molar-refractivity contribution < 1.29 is 23.1 Å². The quantitative estimate of drug-likeness (QED) is 0.781. The second kappa shape index (κ2) is 7.51. The van der Waals surface area contributed by atoms with Crippen LogP contribution in [-0.2, 0) is 4.79 Å². The highest BCUT2D eigenvalue weighted by atomic mass is 32.2. The maximum Gasteiger partial charge on any atom is 0.324 e. The summed E-state index contributed by atoms with van der Waals surface area (Å²) in [7, 11) is 0. The summed E-state index contributed by atoms with van der Waals surface area (Å²) in [5.41, 5.74) is 0. The SMILES string of the molecule is CC(Oc1ccc(F)cc1)c1nnc(SCC(=O)N2CCNC2=O)o1. The van der Waals surface area contributed by atoms with E-state index in [1.54, 1.807) is 6.92 Å². The van der Waals surface area contributed by atoms with E-state index in [0.29, 0.717) is 18.8 Å². The largest absolute Gasteiger partial charge is 0.481 e. The molecular formula is C15H15FN4O4S. The van der Waals surface area contributed by atoms with Gasteiger partial charge in [-0.05, 0) is 31.2 Å². The number of halogens is 1. The lowest BCUT2D eigenvalue weighted by molar-refractivity contribution is -0.124. The van der Waals surface area contributed by atoms with E-state index in [0.717, 1.165) is 16.7 Å². The van der Waals surface area contributed by atoms with Crippen LogP contribution >= 0.6 is 11.8 Å². The Morgan fingerprint density at radius 3 is 2.88 bits per heavy atom. The van der Waals surface area contributed by atoms with Gasteiger partial charge in [0.25, 0.3) is 11.1 Å². The number of nitrogens with zero attached hydrogens (tertiary/aromatic N) is 3. The first-order chi connectivity index (χ1) is 12.0. The highest BCUT2D eigenvalue weighted by molar-refractivity contribution is 7.99. The summed E-state index contributed by atoms with van der Waals surface area (Å²) in [4.78, 5) is 24.5. The minimum absolute atomic E-state index is 0.0161. The minimum Gasteiger partial charge on any atom is -0.481 e. The molecule has 1 atom stereocenters. The Kier molecular flexibility index (Phi) is 5.17. The van der Waals surface area contributed by atoms with Crippen LogP contribution < -0.4 is 10.1 Å². The summed E-state index contributed by atoms with van der Waals surface area (Å²) in [5.74, 6) is 0.0420. The molecular weight excluding hydrogens is 351 g/mol. The number of nitrogens with one attached hydrogen (secondary N) is 1. The molecule has 1 aliphatic rings. The third-order valence-electron chi connectivity index (χ3n) is 3.37. The van der Waals surface area contributed by atoms with Gasteiger partial charge < -0.3 is 14.5 Å². The molecule has 1 fully saturated rings. The Hall–Kier alpha value is -2.62. The lowest BCUT2D eigenvalue weighted by Gasteiger charge is -2.11. The van der Waals surface area contributed by atoms with E-state index in [-0.39, 0.29) is 28.6 Å². The van der Waals surface area contributed by atoms with Gasteiger partial charge in [0.15, 0.2) is 6.10 Å². The zero-order valence-corrected chi connectivity index (χ0v) is 14.1. The average Bonchev–Trinajstić information content (AvgIpc) is 3.24. The molecule has 1 unspecified atom stereocenters. The molecule has 1 aromatic carbocycles. The van der Waals surface area contributed by atoms with Crippen LogP contribution in [-0.4, -0.2) is 45.9 Å². The van der Waals surface area contributed by atoms with E-state index < -0.39 is 12.1 Å². The number of thioether (sulfide) groups is 1. The Balaban J connectivity index is 1.53. The molecule has 0 bridgehead atoms. The van der Waals surface area contributed by atoms with Crippen LogP contribution in [0, 0.1) is 5.82 Å². The van der Waals surface area contributed by atoms with Gasteiger partial charge in [0, 0.05) is 13.1 Å². The molecule has 1 saturated heterocycles. The summed E-state index contributed by atoms with van der Waals surface area (Å²) in [6.45, 7) is 2.53. The van der Waals surface area contributed by atoms with Crippen molar-refractivity contribution in [3.63, 3.8) is 0 Å². The smallest absolute Gasteiger partial charge is 0.324 e. The number of imide groups is 1. The number of carbonyl (C=O) groups excluding carboxylic acids is 2. The lowest BCUT2D eigenvalue weighted by Crippen LogP contribution is -2.35. The first kappa shape index (κ1) is 17.2. The molecule has 0 saturated carbocycles. The number of amides is 3. The Labute approximate surface area is 146 Å². The average molecular weight is 366 g/mol. The molecule has 2 aromatic rings. The van der Waals surface area contributed by atoms with Crippen molar-refractivity contribution in [1.82, 2.24) is 20.4 Å². The second-order valence-corrected chi connectivity index (χ2v) is 6.11. The van der Waals surface area contributed by atoms with Gasteiger partial charge in [0.05, 0.1) is 5.75 Å². The van der Waals surface area contributed by atoms with Crippen molar-refractivity contribution in [2.24, 2.45) is 0 Å². The Bertz CT molecular complexity index is 767. The van der Waals surface area contributed by atoms with E-state index in [1.807, 2.05) is 0 Å². The number of rotatable bonds is 6. The zero-order chi connectivity index (χ0) is 17.8. The highest BCUT2D eigenvalue weighted by Gasteiger charge is 2.26. The fourth-order valence-corrected chi connectivity index (χ4v) is 2.77. The van der Waals surface area contributed by atoms with Crippen LogP contribution in [0.25, 0.3) is 0 Å². The summed E-state index contributed by atoms with van der Waals surface area (Å²) in [6.07, 6.45) is -0.535. The topological polar surface area (TPSA) is 97.6 Å².